The number of ether oxygens (including phenoxy) is 1. The molecule has 1 atom stereocenters. The minimum atomic E-state index is -4.53. The van der Waals surface area contributed by atoms with Crippen LogP contribution in [0, 0.1) is 0 Å². The molecule has 0 spiro atoms. The molecule has 1 aliphatic heterocycles. The van der Waals surface area contributed by atoms with Gasteiger partial charge in [-0.15, -0.1) is 0 Å². The van der Waals surface area contributed by atoms with Crippen LogP contribution in [0.1, 0.15) is 12.6 Å². The molecular weight excluding hydrogens is 309 g/mol. The van der Waals surface area contributed by atoms with Crippen molar-refractivity contribution in [1.29, 1.82) is 0 Å². The van der Waals surface area contributed by atoms with E-state index in [1.807, 2.05) is 11.8 Å². The van der Waals surface area contributed by atoms with Crippen LogP contribution in [-0.2, 0) is 10.9 Å². The van der Waals surface area contributed by atoms with Gasteiger partial charge in [-0.1, -0.05) is 0 Å². The standard InChI is InChI=1S/C15H15F3N4O/c1-10-9-23-7-6-22(10)13-8-12(15(16,17)18)20-14(21-13)11-2-4-19-5-3-11/h2-5,8,10H,6-7,9H2,1H3. The molecule has 0 aromatic carbocycles. The van der Waals surface area contributed by atoms with E-state index in [4.69, 9.17) is 4.74 Å². The average molecular weight is 324 g/mol. The van der Waals surface area contributed by atoms with Crippen molar-refractivity contribution >= 4 is 5.82 Å². The van der Waals surface area contributed by atoms with Gasteiger partial charge in [-0.3, -0.25) is 4.98 Å². The molecule has 0 radical (unpaired) electrons. The van der Waals surface area contributed by atoms with Gasteiger partial charge in [0.1, 0.15) is 5.82 Å². The zero-order chi connectivity index (χ0) is 16.4. The van der Waals surface area contributed by atoms with Crippen LogP contribution >= 0.6 is 0 Å². The molecule has 0 aliphatic carbocycles. The van der Waals surface area contributed by atoms with Gasteiger partial charge in [0.2, 0.25) is 0 Å². The van der Waals surface area contributed by atoms with Crippen LogP contribution in [0.2, 0.25) is 0 Å². The van der Waals surface area contributed by atoms with Crippen molar-refractivity contribution in [3.63, 3.8) is 0 Å². The van der Waals surface area contributed by atoms with E-state index in [1.54, 1.807) is 12.1 Å². The van der Waals surface area contributed by atoms with Crippen LogP contribution < -0.4 is 4.90 Å². The third-order valence-corrected chi connectivity index (χ3v) is 3.60. The number of rotatable bonds is 2. The average Bonchev–Trinajstić information content (AvgIpc) is 2.55. The zero-order valence-corrected chi connectivity index (χ0v) is 12.4. The Hall–Kier alpha value is -2.22. The number of aromatic nitrogens is 3. The van der Waals surface area contributed by atoms with Gasteiger partial charge in [0.05, 0.1) is 19.3 Å². The van der Waals surface area contributed by atoms with Gasteiger partial charge in [-0.2, -0.15) is 13.2 Å². The molecule has 1 fully saturated rings. The largest absolute Gasteiger partial charge is 0.433 e. The number of morpholine rings is 1. The first-order valence-corrected chi connectivity index (χ1v) is 7.16. The summed E-state index contributed by atoms with van der Waals surface area (Å²) in [6.07, 6.45) is -1.54. The summed E-state index contributed by atoms with van der Waals surface area (Å²) in [5.41, 5.74) is -0.457. The quantitative estimate of drug-likeness (QED) is 0.850. The van der Waals surface area contributed by atoms with Crippen molar-refractivity contribution in [2.75, 3.05) is 24.7 Å². The number of alkyl halides is 3. The third kappa shape index (κ3) is 3.42. The van der Waals surface area contributed by atoms with Crippen molar-refractivity contribution in [3.05, 3.63) is 36.3 Å². The van der Waals surface area contributed by atoms with Crippen molar-refractivity contribution in [2.24, 2.45) is 0 Å². The maximum atomic E-state index is 13.2. The molecule has 3 rings (SSSR count). The minimum absolute atomic E-state index is 0.0379. The fourth-order valence-electron chi connectivity index (χ4n) is 2.42. The summed E-state index contributed by atoms with van der Waals surface area (Å²) in [5, 5.41) is 0. The Labute approximate surface area is 131 Å². The van der Waals surface area contributed by atoms with Gasteiger partial charge >= 0.3 is 6.18 Å². The number of hydrogen-bond donors (Lipinski definition) is 0. The predicted molar refractivity (Wildman–Crippen MR) is 77.9 cm³/mol. The highest BCUT2D eigenvalue weighted by Gasteiger charge is 2.35. The third-order valence-electron chi connectivity index (χ3n) is 3.60. The summed E-state index contributed by atoms with van der Waals surface area (Å²) < 4.78 is 44.9. The maximum absolute atomic E-state index is 13.2. The highest BCUT2D eigenvalue weighted by atomic mass is 19.4. The molecule has 0 bridgehead atoms. The summed E-state index contributed by atoms with van der Waals surface area (Å²) in [5.74, 6) is 0.297. The minimum Gasteiger partial charge on any atom is -0.377 e. The molecule has 1 aliphatic rings. The van der Waals surface area contributed by atoms with Gasteiger partial charge in [-0.05, 0) is 19.1 Å². The van der Waals surface area contributed by atoms with Crippen molar-refractivity contribution in [3.8, 4) is 11.4 Å². The van der Waals surface area contributed by atoms with E-state index in [0.717, 1.165) is 6.07 Å². The second-order valence-corrected chi connectivity index (χ2v) is 5.29. The molecule has 122 valence electrons. The van der Waals surface area contributed by atoms with Crippen molar-refractivity contribution in [2.45, 2.75) is 19.1 Å². The lowest BCUT2D eigenvalue weighted by Gasteiger charge is -2.34. The first-order chi connectivity index (χ1) is 10.9. The van der Waals surface area contributed by atoms with Gasteiger partial charge in [-0.25, -0.2) is 9.97 Å². The lowest BCUT2D eigenvalue weighted by atomic mass is 10.2. The second-order valence-electron chi connectivity index (χ2n) is 5.29. The van der Waals surface area contributed by atoms with E-state index in [1.165, 1.54) is 12.4 Å². The van der Waals surface area contributed by atoms with Gasteiger partial charge in [0.25, 0.3) is 0 Å². The Morgan fingerprint density at radius 1 is 1.22 bits per heavy atom. The fourth-order valence-corrected chi connectivity index (χ4v) is 2.42. The van der Waals surface area contributed by atoms with E-state index in [-0.39, 0.29) is 17.7 Å². The molecule has 23 heavy (non-hydrogen) atoms. The normalized spacial score (nSPS) is 19.0. The summed E-state index contributed by atoms with van der Waals surface area (Å²) in [7, 11) is 0. The summed E-state index contributed by atoms with van der Waals surface area (Å²) >= 11 is 0. The molecule has 0 saturated carbocycles. The topological polar surface area (TPSA) is 51.1 Å². The maximum Gasteiger partial charge on any atom is 0.433 e. The Morgan fingerprint density at radius 2 is 1.96 bits per heavy atom. The number of hydrogen-bond acceptors (Lipinski definition) is 5. The Bertz CT molecular complexity index is 678. The molecule has 1 unspecified atom stereocenters. The van der Waals surface area contributed by atoms with E-state index < -0.39 is 11.9 Å². The SMILES string of the molecule is CC1COCCN1c1cc(C(F)(F)F)nc(-c2ccncc2)n1. The van der Waals surface area contributed by atoms with Crippen LogP contribution in [0.5, 0.6) is 0 Å². The number of anilines is 1. The first-order valence-electron chi connectivity index (χ1n) is 7.16. The molecule has 2 aromatic heterocycles. The second kappa shape index (κ2) is 6.11. The van der Waals surface area contributed by atoms with E-state index >= 15 is 0 Å². The Balaban J connectivity index is 2.08. The molecule has 0 amide bonds. The molecular formula is C15H15F3N4O. The highest BCUT2D eigenvalue weighted by Crippen LogP contribution is 2.32. The number of nitrogens with zero attached hydrogens (tertiary/aromatic N) is 4. The fraction of sp³-hybridized carbons (Fsp3) is 0.400. The smallest absolute Gasteiger partial charge is 0.377 e. The first kappa shape index (κ1) is 15.7. The lowest BCUT2D eigenvalue weighted by Crippen LogP contribution is -2.44. The molecule has 3 heterocycles. The summed E-state index contributed by atoms with van der Waals surface area (Å²) in [6.45, 7) is 3.29. The number of pyridine rings is 1. The molecule has 1 saturated heterocycles. The van der Waals surface area contributed by atoms with E-state index in [9.17, 15) is 13.2 Å². The molecule has 2 aromatic rings. The number of halogens is 3. The summed E-state index contributed by atoms with van der Waals surface area (Å²) in [6, 6.07) is 4.11. The van der Waals surface area contributed by atoms with E-state index in [0.29, 0.717) is 25.3 Å². The summed E-state index contributed by atoms with van der Waals surface area (Å²) in [4.78, 5) is 13.7. The van der Waals surface area contributed by atoms with Crippen LogP contribution in [0.4, 0.5) is 19.0 Å². The van der Waals surface area contributed by atoms with Crippen molar-refractivity contribution in [1.82, 2.24) is 15.0 Å². The Morgan fingerprint density at radius 3 is 2.61 bits per heavy atom. The zero-order valence-electron chi connectivity index (χ0n) is 12.4. The van der Waals surface area contributed by atoms with Gasteiger partial charge in [0, 0.05) is 30.6 Å². The van der Waals surface area contributed by atoms with Gasteiger partial charge < -0.3 is 9.64 Å². The van der Waals surface area contributed by atoms with E-state index in [2.05, 4.69) is 15.0 Å². The van der Waals surface area contributed by atoms with Crippen LogP contribution in [0.15, 0.2) is 30.6 Å². The Kier molecular flexibility index (Phi) is 4.16. The van der Waals surface area contributed by atoms with Crippen LogP contribution in [0.3, 0.4) is 0 Å². The predicted octanol–water partition coefficient (Wildman–Crippen LogP) is 2.78. The van der Waals surface area contributed by atoms with Crippen molar-refractivity contribution < 1.29 is 17.9 Å². The monoisotopic (exact) mass is 324 g/mol. The molecule has 8 heteroatoms. The molecule has 0 N–H and O–H groups in total. The lowest BCUT2D eigenvalue weighted by molar-refractivity contribution is -0.141. The van der Waals surface area contributed by atoms with Crippen LogP contribution in [0.25, 0.3) is 11.4 Å². The van der Waals surface area contributed by atoms with Gasteiger partial charge in [0.15, 0.2) is 11.5 Å². The van der Waals surface area contributed by atoms with Crippen LogP contribution in [-0.4, -0.2) is 40.8 Å². The molecule has 5 nitrogen and oxygen atoms in total. The highest BCUT2D eigenvalue weighted by molar-refractivity contribution is 5.57.